The average molecular weight is 435 g/mol. The standard InChI is InChI=1S/C20H19ClN4O3.ClH/c21-15-7-5-13(6-8-15)18-24-20(28-25-18)14-3-1-12(2-4-14)11-23-19(27)17-16(26)9-10-22-17;/h1-8,16-17,22,26H,9-11H2,(H,23,27);1H/t16-,17-;/m0./s1. The van der Waals surface area contributed by atoms with Crippen LogP contribution < -0.4 is 10.6 Å². The van der Waals surface area contributed by atoms with Gasteiger partial charge in [-0.25, -0.2) is 0 Å². The Morgan fingerprint density at radius 1 is 1.17 bits per heavy atom. The van der Waals surface area contributed by atoms with Crippen LogP contribution in [0.4, 0.5) is 0 Å². The fraction of sp³-hybridized carbons (Fsp3) is 0.250. The lowest BCUT2D eigenvalue weighted by atomic mass is 10.1. The topological polar surface area (TPSA) is 100 Å². The molecule has 2 atom stereocenters. The molecular formula is C20H20Cl2N4O3. The molecule has 4 rings (SSSR count). The predicted molar refractivity (Wildman–Crippen MR) is 112 cm³/mol. The Balaban J connectivity index is 0.00000240. The molecule has 2 heterocycles. The Bertz CT molecular complexity index is 961. The number of carbonyl (C=O) groups excluding carboxylic acids is 1. The highest BCUT2D eigenvalue weighted by molar-refractivity contribution is 6.30. The van der Waals surface area contributed by atoms with Crippen molar-refractivity contribution in [3.8, 4) is 22.8 Å². The molecule has 1 aromatic heterocycles. The van der Waals surface area contributed by atoms with E-state index >= 15 is 0 Å². The number of amides is 1. The number of hydrogen-bond donors (Lipinski definition) is 3. The molecule has 1 amide bonds. The van der Waals surface area contributed by atoms with Crippen LogP contribution in [0, 0.1) is 0 Å². The summed E-state index contributed by atoms with van der Waals surface area (Å²) >= 11 is 5.90. The Kier molecular flexibility index (Phi) is 6.87. The second-order valence-electron chi connectivity index (χ2n) is 6.63. The van der Waals surface area contributed by atoms with Crippen LogP contribution in [0.3, 0.4) is 0 Å². The Morgan fingerprint density at radius 3 is 2.52 bits per heavy atom. The SMILES string of the molecule is Cl.O=C(NCc1ccc(-c2nc(-c3ccc(Cl)cc3)no2)cc1)[C@H]1NCC[C@@H]1O. The molecule has 9 heteroatoms. The second kappa shape index (κ2) is 9.37. The highest BCUT2D eigenvalue weighted by atomic mass is 35.5. The molecule has 29 heavy (non-hydrogen) atoms. The van der Waals surface area contributed by atoms with Crippen LogP contribution in [0.1, 0.15) is 12.0 Å². The third kappa shape index (κ3) is 4.94. The number of halogens is 2. The fourth-order valence-corrected chi connectivity index (χ4v) is 3.20. The van der Waals surface area contributed by atoms with Crippen molar-refractivity contribution in [2.24, 2.45) is 0 Å². The van der Waals surface area contributed by atoms with Crippen molar-refractivity contribution in [3.63, 3.8) is 0 Å². The van der Waals surface area contributed by atoms with Crippen LogP contribution in [0.25, 0.3) is 22.8 Å². The molecule has 3 N–H and O–H groups in total. The first-order valence-electron chi connectivity index (χ1n) is 8.98. The van der Waals surface area contributed by atoms with Crippen LogP contribution in [-0.4, -0.2) is 39.8 Å². The minimum absolute atomic E-state index is 0. The average Bonchev–Trinajstić information content (AvgIpc) is 3.36. The van der Waals surface area contributed by atoms with Crippen molar-refractivity contribution in [3.05, 3.63) is 59.1 Å². The lowest BCUT2D eigenvalue weighted by molar-refractivity contribution is -0.124. The summed E-state index contributed by atoms with van der Waals surface area (Å²) in [4.78, 5) is 16.5. The van der Waals surface area contributed by atoms with E-state index in [0.717, 1.165) is 16.7 Å². The van der Waals surface area contributed by atoms with E-state index in [4.69, 9.17) is 16.1 Å². The summed E-state index contributed by atoms with van der Waals surface area (Å²) in [6.45, 7) is 1.03. The molecule has 1 saturated heterocycles. The second-order valence-corrected chi connectivity index (χ2v) is 7.07. The number of aliphatic hydroxyl groups excluding tert-OH is 1. The van der Waals surface area contributed by atoms with Gasteiger partial charge in [-0.2, -0.15) is 4.98 Å². The first-order valence-corrected chi connectivity index (χ1v) is 9.36. The smallest absolute Gasteiger partial charge is 0.258 e. The van der Waals surface area contributed by atoms with Gasteiger partial charge in [-0.15, -0.1) is 12.4 Å². The summed E-state index contributed by atoms with van der Waals surface area (Å²) in [5.74, 6) is 0.711. The van der Waals surface area contributed by atoms with Gasteiger partial charge >= 0.3 is 0 Å². The van der Waals surface area contributed by atoms with E-state index in [-0.39, 0.29) is 18.3 Å². The van der Waals surface area contributed by atoms with Crippen LogP contribution >= 0.6 is 24.0 Å². The Hall–Kier alpha value is -2.45. The van der Waals surface area contributed by atoms with Gasteiger partial charge in [0.1, 0.15) is 6.04 Å². The predicted octanol–water partition coefficient (Wildman–Crippen LogP) is 2.82. The quantitative estimate of drug-likeness (QED) is 0.570. The lowest BCUT2D eigenvalue weighted by Crippen LogP contribution is -2.45. The minimum Gasteiger partial charge on any atom is -0.391 e. The molecule has 0 radical (unpaired) electrons. The summed E-state index contributed by atoms with van der Waals surface area (Å²) in [7, 11) is 0. The van der Waals surface area contributed by atoms with Crippen molar-refractivity contribution in [1.29, 1.82) is 0 Å². The van der Waals surface area contributed by atoms with Crippen LogP contribution in [0.5, 0.6) is 0 Å². The van der Waals surface area contributed by atoms with Crippen LogP contribution in [0.15, 0.2) is 53.1 Å². The van der Waals surface area contributed by atoms with E-state index in [1.54, 1.807) is 12.1 Å². The Labute approximate surface area is 178 Å². The molecule has 0 spiro atoms. The van der Waals surface area contributed by atoms with Crippen molar-refractivity contribution in [2.45, 2.75) is 25.1 Å². The maximum Gasteiger partial charge on any atom is 0.258 e. The number of aliphatic hydroxyl groups is 1. The minimum atomic E-state index is -0.630. The first-order chi connectivity index (χ1) is 13.6. The van der Waals surface area contributed by atoms with Crippen LogP contribution in [0.2, 0.25) is 5.02 Å². The van der Waals surface area contributed by atoms with E-state index in [1.165, 1.54) is 0 Å². The normalized spacial score (nSPS) is 18.3. The molecule has 0 unspecified atom stereocenters. The van der Waals surface area contributed by atoms with Gasteiger partial charge in [0, 0.05) is 22.7 Å². The molecule has 3 aromatic rings. The number of carbonyl (C=O) groups is 1. The van der Waals surface area contributed by atoms with E-state index in [9.17, 15) is 9.90 Å². The number of hydrogen-bond acceptors (Lipinski definition) is 6. The number of nitrogens with zero attached hydrogens (tertiary/aromatic N) is 2. The maximum absolute atomic E-state index is 12.1. The highest BCUT2D eigenvalue weighted by Gasteiger charge is 2.30. The summed E-state index contributed by atoms with van der Waals surface area (Å²) in [5, 5.41) is 20.3. The van der Waals surface area contributed by atoms with E-state index in [1.807, 2.05) is 36.4 Å². The fourth-order valence-electron chi connectivity index (χ4n) is 3.08. The van der Waals surface area contributed by atoms with Gasteiger partial charge in [-0.1, -0.05) is 28.9 Å². The van der Waals surface area contributed by atoms with Gasteiger partial charge in [-0.05, 0) is 54.9 Å². The zero-order valence-electron chi connectivity index (χ0n) is 15.3. The summed E-state index contributed by atoms with van der Waals surface area (Å²) in [6, 6.07) is 14.2. The molecule has 0 aliphatic carbocycles. The molecule has 2 aromatic carbocycles. The number of nitrogens with one attached hydrogen (secondary N) is 2. The van der Waals surface area contributed by atoms with Crippen molar-refractivity contribution in [2.75, 3.05) is 6.54 Å². The largest absolute Gasteiger partial charge is 0.391 e. The maximum atomic E-state index is 12.1. The van der Waals surface area contributed by atoms with E-state index in [2.05, 4.69) is 20.8 Å². The van der Waals surface area contributed by atoms with Gasteiger partial charge in [0.2, 0.25) is 11.7 Å². The van der Waals surface area contributed by atoms with Gasteiger partial charge in [0.05, 0.1) is 6.10 Å². The highest BCUT2D eigenvalue weighted by Crippen LogP contribution is 2.23. The monoisotopic (exact) mass is 434 g/mol. The number of aromatic nitrogens is 2. The van der Waals surface area contributed by atoms with Gasteiger partial charge < -0.3 is 20.3 Å². The van der Waals surface area contributed by atoms with Gasteiger partial charge in [0.25, 0.3) is 5.89 Å². The Morgan fingerprint density at radius 2 is 1.86 bits per heavy atom. The van der Waals surface area contributed by atoms with Crippen molar-refractivity contribution in [1.82, 2.24) is 20.8 Å². The zero-order chi connectivity index (χ0) is 19.5. The first kappa shape index (κ1) is 21.3. The molecule has 7 nitrogen and oxygen atoms in total. The molecule has 0 saturated carbocycles. The molecule has 1 fully saturated rings. The molecule has 0 bridgehead atoms. The summed E-state index contributed by atoms with van der Waals surface area (Å²) in [6.07, 6.45) is -0.0376. The summed E-state index contributed by atoms with van der Waals surface area (Å²) in [5.41, 5.74) is 2.54. The lowest BCUT2D eigenvalue weighted by Gasteiger charge is -2.14. The van der Waals surface area contributed by atoms with Crippen molar-refractivity contribution < 1.29 is 14.4 Å². The van der Waals surface area contributed by atoms with Crippen molar-refractivity contribution >= 4 is 29.9 Å². The van der Waals surface area contributed by atoms with E-state index in [0.29, 0.717) is 36.2 Å². The van der Waals surface area contributed by atoms with Gasteiger partial charge in [-0.3, -0.25) is 4.79 Å². The third-order valence-electron chi connectivity index (χ3n) is 4.67. The number of rotatable bonds is 5. The molecular weight excluding hydrogens is 415 g/mol. The zero-order valence-corrected chi connectivity index (χ0v) is 16.9. The van der Waals surface area contributed by atoms with Gasteiger partial charge in [0.15, 0.2) is 0 Å². The molecule has 1 aliphatic heterocycles. The van der Waals surface area contributed by atoms with Crippen LogP contribution in [-0.2, 0) is 11.3 Å². The summed E-state index contributed by atoms with van der Waals surface area (Å²) < 4.78 is 5.35. The molecule has 152 valence electrons. The van der Waals surface area contributed by atoms with E-state index < -0.39 is 12.1 Å². The number of benzene rings is 2. The molecule has 1 aliphatic rings. The third-order valence-corrected chi connectivity index (χ3v) is 4.92.